The van der Waals surface area contributed by atoms with Gasteiger partial charge in [-0.2, -0.15) is 4.98 Å². The Morgan fingerprint density at radius 3 is 2.50 bits per heavy atom. The molecule has 0 radical (unpaired) electrons. The number of halogens is 1. The number of methoxy groups -OCH3 is 1. The molecular formula is C20H22FN5O2. The van der Waals surface area contributed by atoms with Gasteiger partial charge in [0.25, 0.3) is 0 Å². The Labute approximate surface area is 162 Å². The van der Waals surface area contributed by atoms with Gasteiger partial charge in [-0.1, -0.05) is 12.1 Å². The first kappa shape index (κ1) is 19.4. The summed E-state index contributed by atoms with van der Waals surface area (Å²) in [7, 11) is 3.44. The van der Waals surface area contributed by atoms with E-state index in [9.17, 15) is 4.39 Å². The molecule has 7 nitrogen and oxygen atoms in total. The predicted octanol–water partition coefficient (Wildman–Crippen LogP) is 4.17. The highest BCUT2D eigenvalue weighted by Gasteiger charge is 2.09. The van der Waals surface area contributed by atoms with Gasteiger partial charge in [-0.05, 0) is 30.3 Å². The van der Waals surface area contributed by atoms with Crippen LogP contribution in [0.25, 0.3) is 0 Å². The maximum atomic E-state index is 14.2. The number of nitrogens with zero attached hydrogens (tertiary/aromatic N) is 2. The minimum Gasteiger partial charge on any atom is -0.491 e. The Bertz CT molecular complexity index is 923. The number of ether oxygens (including phenoxy) is 2. The third-order valence-corrected chi connectivity index (χ3v) is 3.80. The van der Waals surface area contributed by atoms with Crippen molar-refractivity contribution in [3.8, 4) is 5.75 Å². The highest BCUT2D eigenvalue weighted by atomic mass is 19.1. The second-order valence-corrected chi connectivity index (χ2v) is 5.84. The predicted molar refractivity (Wildman–Crippen MR) is 108 cm³/mol. The number of hydrogen-bond donors (Lipinski definition) is 3. The first-order valence-electron chi connectivity index (χ1n) is 8.74. The Morgan fingerprint density at radius 2 is 1.71 bits per heavy atom. The van der Waals surface area contributed by atoms with Crippen molar-refractivity contribution in [2.75, 3.05) is 43.3 Å². The lowest BCUT2D eigenvalue weighted by atomic mass is 10.3. The van der Waals surface area contributed by atoms with E-state index in [-0.39, 0.29) is 11.8 Å². The molecule has 0 aliphatic carbocycles. The van der Waals surface area contributed by atoms with Gasteiger partial charge in [0.1, 0.15) is 12.4 Å². The maximum absolute atomic E-state index is 14.2. The van der Waals surface area contributed by atoms with Crippen molar-refractivity contribution in [3.05, 3.63) is 60.5 Å². The molecule has 0 amide bonds. The summed E-state index contributed by atoms with van der Waals surface area (Å²) in [6.45, 7) is 0.954. The lowest BCUT2D eigenvalue weighted by molar-refractivity contribution is 0.146. The molecule has 3 N–H and O–H groups in total. The van der Waals surface area contributed by atoms with Gasteiger partial charge in [0, 0.05) is 37.3 Å². The second-order valence-electron chi connectivity index (χ2n) is 5.84. The minimum absolute atomic E-state index is 0.0817. The van der Waals surface area contributed by atoms with Crippen LogP contribution in [0.1, 0.15) is 0 Å². The molecule has 3 aromatic rings. The Balaban J connectivity index is 1.73. The van der Waals surface area contributed by atoms with Crippen molar-refractivity contribution in [2.45, 2.75) is 0 Å². The van der Waals surface area contributed by atoms with Gasteiger partial charge in [0.2, 0.25) is 5.95 Å². The SMILES string of the molecule is CNc1cccc(Nc2nc(Nc3cccc(OCCOC)c3)ncc2F)c1. The molecule has 0 aliphatic rings. The molecule has 0 saturated heterocycles. The largest absolute Gasteiger partial charge is 0.491 e. The highest BCUT2D eigenvalue weighted by Crippen LogP contribution is 2.24. The van der Waals surface area contributed by atoms with Crippen molar-refractivity contribution in [1.82, 2.24) is 9.97 Å². The summed E-state index contributed by atoms with van der Waals surface area (Å²) in [6.07, 6.45) is 1.12. The van der Waals surface area contributed by atoms with Crippen molar-refractivity contribution in [3.63, 3.8) is 0 Å². The number of hydrogen-bond acceptors (Lipinski definition) is 7. The van der Waals surface area contributed by atoms with Crippen molar-refractivity contribution in [2.24, 2.45) is 0 Å². The second kappa shape index (κ2) is 9.52. The van der Waals surface area contributed by atoms with E-state index in [4.69, 9.17) is 9.47 Å². The zero-order valence-electron chi connectivity index (χ0n) is 15.7. The molecular weight excluding hydrogens is 361 g/mol. The smallest absolute Gasteiger partial charge is 0.229 e. The van der Waals surface area contributed by atoms with E-state index in [0.29, 0.717) is 24.7 Å². The van der Waals surface area contributed by atoms with Crippen LogP contribution in [-0.4, -0.2) is 37.3 Å². The molecule has 0 saturated carbocycles. The maximum Gasteiger partial charge on any atom is 0.229 e. The van der Waals surface area contributed by atoms with Gasteiger partial charge in [0.05, 0.1) is 12.8 Å². The molecule has 0 unspecified atom stereocenters. The number of anilines is 5. The fraction of sp³-hybridized carbons (Fsp3) is 0.200. The Morgan fingerprint density at radius 1 is 0.964 bits per heavy atom. The fourth-order valence-electron chi connectivity index (χ4n) is 2.44. The van der Waals surface area contributed by atoms with Crippen LogP contribution in [-0.2, 0) is 4.74 Å². The zero-order valence-corrected chi connectivity index (χ0v) is 15.7. The van der Waals surface area contributed by atoms with Crippen LogP contribution in [0.5, 0.6) is 5.75 Å². The average molecular weight is 383 g/mol. The Hall–Kier alpha value is -3.39. The van der Waals surface area contributed by atoms with Crippen LogP contribution >= 0.6 is 0 Å². The molecule has 8 heteroatoms. The van der Waals surface area contributed by atoms with E-state index >= 15 is 0 Å². The van der Waals surface area contributed by atoms with Gasteiger partial charge in [0.15, 0.2) is 11.6 Å². The topological polar surface area (TPSA) is 80.3 Å². The molecule has 1 heterocycles. The normalized spacial score (nSPS) is 10.4. The lowest BCUT2D eigenvalue weighted by Gasteiger charge is -2.11. The Kier molecular flexibility index (Phi) is 6.59. The lowest BCUT2D eigenvalue weighted by Crippen LogP contribution is -2.05. The van der Waals surface area contributed by atoms with E-state index in [0.717, 1.165) is 17.6 Å². The van der Waals surface area contributed by atoms with Gasteiger partial charge in [-0.15, -0.1) is 0 Å². The molecule has 28 heavy (non-hydrogen) atoms. The number of nitrogens with one attached hydrogen (secondary N) is 3. The van der Waals surface area contributed by atoms with Gasteiger partial charge >= 0.3 is 0 Å². The van der Waals surface area contributed by atoms with E-state index in [1.54, 1.807) is 7.11 Å². The first-order valence-corrected chi connectivity index (χ1v) is 8.74. The molecule has 1 aromatic heterocycles. The van der Waals surface area contributed by atoms with E-state index in [1.807, 2.05) is 55.6 Å². The molecule has 0 spiro atoms. The van der Waals surface area contributed by atoms with Gasteiger partial charge in [-0.25, -0.2) is 9.37 Å². The van der Waals surface area contributed by atoms with Crippen molar-refractivity contribution in [1.29, 1.82) is 0 Å². The fourth-order valence-corrected chi connectivity index (χ4v) is 2.44. The monoisotopic (exact) mass is 383 g/mol. The highest BCUT2D eigenvalue weighted by molar-refractivity contribution is 5.64. The summed E-state index contributed by atoms with van der Waals surface area (Å²) in [6, 6.07) is 14.8. The van der Waals surface area contributed by atoms with Crippen LogP contribution in [0.2, 0.25) is 0 Å². The van der Waals surface area contributed by atoms with E-state index in [2.05, 4.69) is 25.9 Å². The molecule has 0 atom stereocenters. The first-order chi connectivity index (χ1) is 13.7. The van der Waals surface area contributed by atoms with Crippen molar-refractivity contribution >= 4 is 28.8 Å². The molecule has 0 aliphatic heterocycles. The number of aromatic nitrogens is 2. The summed E-state index contributed by atoms with van der Waals surface area (Å²) < 4.78 is 24.7. The quantitative estimate of drug-likeness (QED) is 0.479. The number of benzene rings is 2. The summed E-state index contributed by atoms with van der Waals surface area (Å²) in [5, 5.41) is 9.07. The van der Waals surface area contributed by atoms with Crippen LogP contribution in [0.4, 0.5) is 33.2 Å². The van der Waals surface area contributed by atoms with Crippen LogP contribution < -0.4 is 20.7 Å². The van der Waals surface area contributed by atoms with E-state index < -0.39 is 5.82 Å². The van der Waals surface area contributed by atoms with Crippen LogP contribution in [0, 0.1) is 5.82 Å². The zero-order chi connectivity index (χ0) is 19.8. The number of rotatable bonds is 9. The standard InChI is InChI=1S/C20H22FN5O2/c1-22-14-5-3-6-15(11-14)24-19-18(21)13-23-20(26-19)25-16-7-4-8-17(12-16)28-10-9-27-2/h3-8,11-13,22H,9-10H2,1-2H3,(H2,23,24,25,26). The molecule has 2 aromatic carbocycles. The van der Waals surface area contributed by atoms with Gasteiger partial charge < -0.3 is 25.4 Å². The molecule has 3 rings (SSSR count). The molecule has 0 bridgehead atoms. The third-order valence-electron chi connectivity index (χ3n) is 3.80. The van der Waals surface area contributed by atoms with Crippen molar-refractivity contribution < 1.29 is 13.9 Å². The van der Waals surface area contributed by atoms with Gasteiger partial charge in [-0.3, -0.25) is 0 Å². The molecule has 146 valence electrons. The summed E-state index contributed by atoms with van der Waals surface area (Å²) in [4.78, 5) is 8.24. The summed E-state index contributed by atoms with van der Waals surface area (Å²) >= 11 is 0. The van der Waals surface area contributed by atoms with E-state index in [1.165, 1.54) is 0 Å². The minimum atomic E-state index is -0.544. The van der Waals surface area contributed by atoms with Crippen LogP contribution in [0.3, 0.4) is 0 Å². The summed E-state index contributed by atoms with van der Waals surface area (Å²) in [5.74, 6) is 0.490. The molecule has 0 fully saturated rings. The average Bonchev–Trinajstić information content (AvgIpc) is 2.71. The summed E-state index contributed by atoms with van der Waals surface area (Å²) in [5.41, 5.74) is 2.34. The third kappa shape index (κ3) is 5.31. The van der Waals surface area contributed by atoms with Crippen LogP contribution in [0.15, 0.2) is 54.7 Å².